The van der Waals surface area contributed by atoms with E-state index in [-0.39, 0.29) is 0 Å². The molecule has 90 valence electrons. The number of nitrogens with one attached hydrogen (secondary N) is 1. The molecule has 2 heterocycles. The number of hydrogen-bond acceptors (Lipinski definition) is 4. The lowest BCUT2D eigenvalue weighted by molar-refractivity contribution is 0.499. The summed E-state index contributed by atoms with van der Waals surface area (Å²) in [5.41, 5.74) is 0. The third-order valence-corrected chi connectivity index (χ3v) is 3.56. The van der Waals surface area contributed by atoms with Crippen LogP contribution in [0.4, 0.5) is 0 Å². The fourth-order valence-electron chi connectivity index (χ4n) is 1.92. The molecule has 1 aliphatic heterocycles. The van der Waals surface area contributed by atoms with Crippen LogP contribution in [-0.2, 0) is 30.3 Å². The zero-order chi connectivity index (χ0) is 11.4. The second kappa shape index (κ2) is 5.54. The number of nitrogens with zero attached hydrogens (tertiary/aromatic N) is 3. The molecule has 5 nitrogen and oxygen atoms in total. The molecule has 1 aromatic rings. The van der Waals surface area contributed by atoms with E-state index in [1.54, 1.807) is 6.26 Å². The molecule has 1 aliphatic rings. The Bertz CT molecular complexity index is 377. The Morgan fingerprint density at radius 1 is 1.44 bits per heavy atom. The van der Waals surface area contributed by atoms with E-state index in [0.29, 0.717) is 5.75 Å². The fourth-order valence-corrected chi connectivity index (χ4v) is 2.35. The zero-order valence-corrected chi connectivity index (χ0v) is 10.4. The summed E-state index contributed by atoms with van der Waals surface area (Å²) in [5.74, 6) is 2.82. The Balaban J connectivity index is 1.85. The van der Waals surface area contributed by atoms with E-state index in [0.717, 1.165) is 37.7 Å². The summed E-state index contributed by atoms with van der Waals surface area (Å²) in [6.07, 6.45) is 5.21. The van der Waals surface area contributed by atoms with E-state index in [4.69, 9.17) is 0 Å². The van der Waals surface area contributed by atoms with E-state index < -0.39 is 10.8 Å². The van der Waals surface area contributed by atoms with Crippen LogP contribution in [0.25, 0.3) is 0 Å². The second-order valence-corrected chi connectivity index (χ2v) is 5.65. The Morgan fingerprint density at radius 2 is 2.31 bits per heavy atom. The van der Waals surface area contributed by atoms with Crippen molar-refractivity contribution in [3.8, 4) is 0 Å². The van der Waals surface area contributed by atoms with Crippen LogP contribution >= 0.6 is 0 Å². The predicted octanol–water partition coefficient (Wildman–Crippen LogP) is 0.0825. The van der Waals surface area contributed by atoms with Gasteiger partial charge >= 0.3 is 0 Å². The lowest BCUT2D eigenvalue weighted by atomic mass is 10.2. The molecule has 0 amide bonds. The molecule has 0 spiro atoms. The van der Waals surface area contributed by atoms with Crippen LogP contribution in [-0.4, -0.2) is 37.5 Å². The van der Waals surface area contributed by atoms with Gasteiger partial charge in [-0.05, 0) is 12.8 Å². The van der Waals surface area contributed by atoms with Crippen molar-refractivity contribution < 1.29 is 4.21 Å². The van der Waals surface area contributed by atoms with Gasteiger partial charge in [-0.3, -0.25) is 4.21 Å². The number of hydrogen-bond donors (Lipinski definition) is 1. The average Bonchev–Trinajstić information content (AvgIpc) is 2.68. The van der Waals surface area contributed by atoms with Gasteiger partial charge in [0.1, 0.15) is 11.6 Å². The van der Waals surface area contributed by atoms with Crippen molar-refractivity contribution in [2.75, 3.05) is 18.6 Å². The fraction of sp³-hybridized carbons (Fsp3) is 0.800. The van der Waals surface area contributed by atoms with Gasteiger partial charge in [-0.2, -0.15) is 0 Å². The molecule has 0 aromatic carbocycles. The maximum Gasteiger partial charge on any atom is 0.147 e. The van der Waals surface area contributed by atoms with E-state index in [9.17, 15) is 4.21 Å². The van der Waals surface area contributed by atoms with Gasteiger partial charge in [-0.1, -0.05) is 0 Å². The van der Waals surface area contributed by atoms with Gasteiger partial charge in [0.05, 0.1) is 6.54 Å². The van der Waals surface area contributed by atoms with Crippen molar-refractivity contribution >= 4 is 10.8 Å². The average molecular weight is 242 g/mol. The van der Waals surface area contributed by atoms with Gasteiger partial charge in [-0.25, -0.2) is 0 Å². The number of rotatable bonds is 5. The highest BCUT2D eigenvalue weighted by molar-refractivity contribution is 7.84. The maximum atomic E-state index is 10.9. The summed E-state index contributed by atoms with van der Waals surface area (Å²) in [7, 11) is -0.721. The van der Waals surface area contributed by atoms with Crippen molar-refractivity contribution in [3.63, 3.8) is 0 Å². The summed E-state index contributed by atoms with van der Waals surface area (Å²) in [6.45, 7) is 2.54. The lowest BCUT2D eigenvalue weighted by Crippen LogP contribution is -2.23. The molecule has 0 fully saturated rings. The molecular weight excluding hydrogens is 224 g/mol. The Labute approximate surface area is 98.1 Å². The van der Waals surface area contributed by atoms with E-state index in [1.165, 1.54) is 12.8 Å². The van der Waals surface area contributed by atoms with Crippen LogP contribution in [0.3, 0.4) is 0 Å². The van der Waals surface area contributed by atoms with Gasteiger partial charge in [0.2, 0.25) is 0 Å². The first-order valence-corrected chi connectivity index (χ1v) is 7.42. The summed E-state index contributed by atoms with van der Waals surface area (Å²) in [4.78, 5) is 0. The number of aryl methyl sites for hydroxylation is 1. The molecule has 1 unspecified atom stereocenters. The van der Waals surface area contributed by atoms with Gasteiger partial charge in [0.15, 0.2) is 0 Å². The van der Waals surface area contributed by atoms with Crippen LogP contribution < -0.4 is 5.32 Å². The van der Waals surface area contributed by atoms with Crippen LogP contribution in [0.15, 0.2) is 0 Å². The third-order valence-electron chi connectivity index (χ3n) is 2.79. The highest BCUT2D eigenvalue weighted by atomic mass is 32.2. The van der Waals surface area contributed by atoms with E-state index in [2.05, 4.69) is 20.1 Å². The Morgan fingerprint density at radius 3 is 3.12 bits per heavy atom. The van der Waals surface area contributed by atoms with E-state index in [1.807, 2.05) is 0 Å². The molecule has 0 radical (unpaired) electrons. The molecule has 0 aliphatic carbocycles. The minimum Gasteiger partial charge on any atom is -0.314 e. The number of fused-ring (bicyclic) bond motifs is 1. The van der Waals surface area contributed by atoms with Crippen LogP contribution in [0.1, 0.15) is 24.5 Å². The van der Waals surface area contributed by atoms with Crippen molar-refractivity contribution in [2.24, 2.45) is 0 Å². The highest BCUT2D eigenvalue weighted by Crippen LogP contribution is 2.13. The monoisotopic (exact) mass is 242 g/mol. The van der Waals surface area contributed by atoms with Crippen LogP contribution in [0.5, 0.6) is 0 Å². The molecule has 16 heavy (non-hydrogen) atoms. The Hall–Kier alpha value is -0.750. The molecule has 1 aromatic heterocycles. The first-order chi connectivity index (χ1) is 7.77. The molecule has 2 rings (SSSR count). The largest absolute Gasteiger partial charge is 0.314 e. The smallest absolute Gasteiger partial charge is 0.147 e. The van der Waals surface area contributed by atoms with Crippen molar-refractivity contribution in [1.29, 1.82) is 0 Å². The maximum absolute atomic E-state index is 10.9. The molecule has 0 saturated heterocycles. The van der Waals surface area contributed by atoms with Crippen molar-refractivity contribution in [1.82, 2.24) is 20.1 Å². The van der Waals surface area contributed by atoms with Gasteiger partial charge in [0.25, 0.3) is 0 Å². The van der Waals surface area contributed by atoms with Gasteiger partial charge < -0.3 is 9.88 Å². The van der Waals surface area contributed by atoms with Gasteiger partial charge in [0, 0.05) is 42.3 Å². The van der Waals surface area contributed by atoms with Gasteiger partial charge in [-0.15, -0.1) is 10.2 Å². The molecule has 1 atom stereocenters. The standard InChI is InChI=1S/C10H18N4OS/c1-16(15)7-5-11-8-10-13-12-9-4-2-3-6-14(9)10/h11H,2-8H2,1H3. The minimum atomic E-state index is -0.721. The van der Waals surface area contributed by atoms with Crippen molar-refractivity contribution in [2.45, 2.75) is 32.4 Å². The normalized spacial score (nSPS) is 17.1. The first-order valence-electron chi connectivity index (χ1n) is 5.69. The SMILES string of the molecule is CS(=O)CCNCc1nnc2n1CCCC2. The quantitative estimate of drug-likeness (QED) is 0.743. The predicted molar refractivity (Wildman–Crippen MR) is 63.6 cm³/mol. The summed E-state index contributed by atoms with van der Waals surface area (Å²) in [6, 6.07) is 0. The van der Waals surface area contributed by atoms with E-state index >= 15 is 0 Å². The molecule has 1 N–H and O–H groups in total. The minimum absolute atomic E-state index is 0.695. The summed E-state index contributed by atoms with van der Waals surface area (Å²) >= 11 is 0. The third kappa shape index (κ3) is 2.89. The topological polar surface area (TPSA) is 59.8 Å². The second-order valence-electron chi connectivity index (χ2n) is 4.10. The lowest BCUT2D eigenvalue weighted by Gasteiger charge is -2.14. The van der Waals surface area contributed by atoms with Crippen molar-refractivity contribution in [3.05, 3.63) is 11.6 Å². The molecule has 0 saturated carbocycles. The molecular formula is C10H18N4OS. The zero-order valence-electron chi connectivity index (χ0n) is 9.61. The van der Waals surface area contributed by atoms with Crippen LogP contribution in [0, 0.1) is 0 Å². The summed E-state index contributed by atoms with van der Waals surface area (Å²) in [5, 5.41) is 11.6. The Kier molecular flexibility index (Phi) is 4.06. The number of aromatic nitrogens is 3. The molecule has 6 heteroatoms. The van der Waals surface area contributed by atoms with Crippen LogP contribution in [0.2, 0.25) is 0 Å². The summed E-state index contributed by atoms with van der Waals surface area (Å²) < 4.78 is 13.1. The first kappa shape index (κ1) is 11.7. The highest BCUT2D eigenvalue weighted by Gasteiger charge is 2.14. The molecule has 0 bridgehead atoms.